The van der Waals surface area contributed by atoms with E-state index >= 15 is 0 Å². The first kappa shape index (κ1) is 11.6. The predicted octanol–water partition coefficient (Wildman–Crippen LogP) is 0.765. The Kier molecular flexibility index (Phi) is 3.12. The average molecular weight is 237 g/mol. The Morgan fingerprint density at radius 3 is 2.59 bits per heavy atom. The number of likely N-dealkylation sites (tertiary alicyclic amines) is 1. The van der Waals surface area contributed by atoms with E-state index in [4.69, 9.17) is 5.11 Å². The molecule has 92 valence electrons. The van der Waals surface area contributed by atoms with Gasteiger partial charge in [0.25, 0.3) is 0 Å². The van der Waals surface area contributed by atoms with E-state index in [0.29, 0.717) is 0 Å². The van der Waals surface area contributed by atoms with Crippen LogP contribution in [0.15, 0.2) is 12.3 Å². The summed E-state index contributed by atoms with van der Waals surface area (Å²) in [5.74, 6) is -1.08. The van der Waals surface area contributed by atoms with Crippen molar-refractivity contribution < 1.29 is 14.7 Å². The van der Waals surface area contributed by atoms with E-state index in [2.05, 4.69) is 5.10 Å². The first-order valence-corrected chi connectivity index (χ1v) is 5.67. The molecule has 0 bridgehead atoms. The molecule has 1 aromatic rings. The SMILES string of the molecule is CC(C(=O)N1CCCC1)n1ccc(C(=O)O)n1. The predicted molar refractivity (Wildman–Crippen MR) is 59.7 cm³/mol. The monoisotopic (exact) mass is 237 g/mol. The number of nitrogens with zero attached hydrogens (tertiary/aromatic N) is 3. The fourth-order valence-corrected chi connectivity index (χ4v) is 1.98. The van der Waals surface area contributed by atoms with Gasteiger partial charge in [-0.1, -0.05) is 0 Å². The third kappa shape index (κ3) is 2.30. The maximum atomic E-state index is 12.0. The van der Waals surface area contributed by atoms with Crippen molar-refractivity contribution in [3.63, 3.8) is 0 Å². The van der Waals surface area contributed by atoms with Gasteiger partial charge in [-0.15, -0.1) is 0 Å². The molecule has 0 aromatic carbocycles. The summed E-state index contributed by atoms with van der Waals surface area (Å²) in [7, 11) is 0. The molecule has 1 fully saturated rings. The molecule has 2 heterocycles. The highest BCUT2D eigenvalue weighted by atomic mass is 16.4. The maximum absolute atomic E-state index is 12.0. The zero-order valence-electron chi connectivity index (χ0n) is 9.67. The van der Waals surface area contributed by atoms with E-state index in [-0.39, 0.29) is 11.6 Å². The number of carbonyl (C=O) groups is 2. The fourth-order valence-electron chi connectivity index (χ4n) is 1.98. The topological polar surface area (TPSA) is 75.4 Å². The summed E-state index contributed by atoms with van der Waals surface area (Å²) in [5, 5.41) is 12.6. The highest BCUT2D eigenvalue weighted by molar-refractivity contribution is 5.85. The second kappa shape index (κ2) is 4.57. The van der Waals surface area contributed by atoms with Gasteiger partial charge in [-0.05, 0) is 25.8 Å². The zero-order valence-corrected chi connectivity index (χ0v) is 9.67. The lowest BCUT2D eigenvalue weighted by Gasteiger charge is -2.20. The second-order valence-corrected chi connectivity index (χ2v) is 4.19. The average Bonchev–Trinajstić information content (AvgIpc) is 2.97. The van der Waals surface area contributed by atoms with Gasteiger partial charge in [-0.3, -0.25) is 9.48 Å². The molecule has 1 saturated heterocycles. The number of aromatic nitrogens is 2. The van der Waals surface area contributed by atoms with Crippen LogP contribution in [0.25, 0.3) is 0 Å². The summed E-state index contributed by atoms with van der Waals surface area (Å²) < 4.78 is 1.41. The Balaban J connectivity index is 2.09. The molecule has 1 N–H and O–H groups in total. The van der Waals surface area contributed by atoms with Crippen molar-refractivity contribution in [2.45, 2.75) is 25.8 Å². The molecule has 6 heteroatoms. The van der Waals surface area contributed by atoms with Crippen LogP contribution >= 0.6 is 0 Å². The van der Waals surface area contributed by atoms with Gasteiger partial charge in [0, 0.05) is 19.3 Å². The van der Waals surface area contributed by atoms with Gasteiger partial charge in [-0.25, -0.2) is 4.79 Å². The van der Waals surface area contributed by atoms with Gasteiger partial charge >= 0.3 is 5.97 Å². The Morgan fingerprint density at radius 2 is 2.06 bits per heavy atom. The first-order chi connectivity index (χ1) is 8.09. The van der Waals surface area contributed by atoms with Crippen molar-refractivity contribution in [1.29, 1.82) is 0 Å². The molecule has 1 unspecified atom stereocenters. The molecule has 1 amide bonds. The largest absolute Gasteiger partial charge is 0.476 e. The molecule has 2 rings (SSSR count). The van der Waals surface area contributed by atoms with Crippen LogP contribution in [-0.2, 0) is 4.79 Å². The van der Waals surface area contributed by atoms with E-state index in [1.165, 1.54) is 16.9 Å². The number of carboxylic acids is 1. The number of amides is 1. The van der Waals surface area contributed by atoms with Gasteiger partial charge in [0.15, 0.2) is 5.69 Å². The van der Waals surface area contributed by atoms with Gasteiger partial charge in [0.2, 0.25) is 5.91 Å². The molecular weight excluding hydrogens is 222 g/mol. The normalized spacial score (nSPS) is 17.1. The standard InChI is InChI=1S/C11H15N3O3/c1-8(10(15)13-5-2-3-6-13)14-7-4-9(12-14)11(16)17/h4,7-8H,2-3,5-6H2,1H3,(H,16,17). The summed E-state index contributed by atoms with van der Waals surface area (Å²) in [6, 6.07) is 0.956. The van der Waals surface area contributed by atoms with Crippen LogP contribution in [-0.4, -0.2) is 44.8 Å². The summed E-state index contributed by atoms with van der Waals surface area (Å²) in [5.41, 5.74) is -0.0360. The van der Waals surface area contributed by atoms with Crippen molar-refractivity contribution in [3.05, 3.63) is 18.0 Å². The molecule has 6 nitrogen and oxygen atoms in total. The van der Waals surface area contributed by atoms with Crippen molar-refractivity contribution in [2.24, 2.45) is 0 Å². The number of hydrogen-bond acceptors (Lipinski definition) is 3. The van der Waals surface area contributed by atoms with Gasteiger partial charge in [0.05, 0.1) is 0 Å². The number of hydrogen-bond donors (Lipinski definition) is 1. The number of carboxylic acid groups (broad SMARTS) is 1. The van der Waals surface area contributed by atoms with E-state index in [9.17, 15) is 9.59 Å². The van der Waals surface area contributed by atoms with Crippen LogP contribution in [0.3, 0.4) is 0 Å². The zero-order chi connectivity index (χ0) is 12.4. The lowest BCUT2D eigenvalue weighted by molar-refractivity contribution is -0.133. The molecule has 1 aliphatic rings. The van der Waals surface area contributed by atoms with Crippen LogP contribution in [0, 0.1) is 0 Å². The van der Waals surface area contributed by atoms with Crippen molar-refractivity contribution in [3.8, 4) is 0 Å². The van der Waals surface area contributed by atoms with Crippen molar-refractivity contribution in [1.82, 2.24) is 14.7 Å². The van der Waals surface area contributed by atoms with E-state index in [1.54, 1.807) is 11.8 Å². The number of aromatic carboxylic acids is 1. The van der Waals surface area contributed by atoms with Crippen LogP contribution < -0.4 is 0 Å². The minimum absolute atomic E-state index is 0.00235. The summed E-state index contributed by atoms with van der Waals surface area (Å²) in [4.78, 5) is 24.5. The molecule has 0 radical (unpaired) electrons. The molecular formula is C11H15N3O3. The lowest BCUT2D eigenvalue weighted by atomic mass is 10.3. The lowest BCUT2D eigenvalue weighted by Crippen LogP contribution is -2.34. The molecule has 17 heavy (non-hydrogen) atoms. The summed E-state index contributed by atoms with van der Waals surface area (Å²) in [6.07, 6.45) is 3.61. The van der Waals surface area contributed by atoms with Gasteiger partial charge in [-0.2, -0.15) is 5.10 Å². The van der Waals surface area contributed by atoms with E-state index in [1.807, 2.05) is 0 Å². The van der Waals surface area contributed by atoms with Crippen molar-refractivity contribution >= 4 is 11.9 Å². The van der Waals surface area contributed by atoms with Crippen molar-refractivity contribution in [2.75, 3.05) is 13.1 Å². The number of rotatable bonds is 3. The fraction of sp³-hybridized carbons (Fsp3) is 0.545. The van der Waals surface area contributed by atoms with Gasteiger partial charge in [0.1, 0.15) is 6.04 Å². The quantitative estimate of drug-likeness (QED) is 0.842. The molecule has 1 aromatic heterocycles. The molecule has 0 saturated carbocycles. The van der Waals surface area contributed by atoms with Crippen LogP contribution in [0.2, 0.25) is 0 Å². The minimum atomic E-state index is -1.08. The van der Waals surface area contributed by atoms with Crippen LogP contribution in [0.1, 0.15) is 36.3 Å². The first-order valence-electron chi connectivity index (χ1n) is 5.67. The van der Waals surface area contributed by atoms with Crippen LogP contribution in [0.5, 0.6) is 0 Å². The Hall–Kier alpha value is -1.85. The number of carbonyl (C=O) groups excluding carboxylic acids is 1. The Morgan fingerprint density at radius 1 is 1.41 bits per heavy atom. The van der Waals surface area contributed by atoms with Crippen LogP contribution in [0.4, 0.5) is 0 Å². The van der Waals surface area contributed by atoms with E-state index in [0.717, 1.165) is 25.9 Å². The molecule has 0 aliphatic carbocycles. The minimum Gasteiger partial charge on any atom is -0.476 e. The Bertz CT molecular complexity index is 435. The molecule has 1 aliphatic heterocycles. The highest BCUT2D eigenvalue weighted by Crippen LogP contribution is 2.15. The smallest absolute Gasteiger partial charge is 0.356 e. The third-order valence-corrected chi connectivity index (χ3v) is 3.00. The summed E-state index contributed by atoms with van der Waals surface area (Å²) in [6.45, 7) is 3.31. The second-order valence-electron chi connectivity index (χ2n) is 4.19. The summed E-state index contributed by atoms with van der Waals surface area (Å²) >= 11 is 0. The van der Waals surface area contributed by atoms with Gasteiger partial charge < -0.3 is 10.0 Å². The molecule has 0 spiro atoms. The highest BCUT2D eigenvalue weighted by Gasteiger charge is 2.25. The maximum Gasteiger partial charge on any atom is 0.356 e. The Labute approximate surface area is 98.8 Å². The molecule has 1 atom stereocenters. The third-order valence-electron chi connectivity index (χ3n) is 3.00. The van der Waals surface area contributed by atoms with E-state index < -0.39 is 12.0 Å².